The average Bonchev–Trinajstić information content (AvgIpc) is 2.87. The second kappa shape index (κ2) is 7.28. The summed E-state index contributed by atoms with van der Waals surface area (Å²) in [5.74, 6) is 6.03. The van der Waals surface area contributed by atoms with Crippen LogP contribution in [0.4, 0.5) is 0 Å². The Balaban J connectivity index is 1.98. The van der Waals surface area contributed by atoms with Crippen molar-refractivity contribution in [2.24, 2.45) is 0 Å². The summed E-state index contributed by atoms with van der Waals surface area (Å²) in [7, 11) is 0. The number of hydrogen-bond donors (Lipinski definition) is 1. The first-order valence-corrected chi connectivity index (χ1v) is 7.11. The Morgan fingerprint density at radius 1 is 1.58 bits per heavy atom. The molecule has 0 amide bonds. The van der Waals surface area contributed by atoms with E-state index in [9.17, 15) is 0 Å². The van der Waals surface area contributed by atoms with E-state index in [1.165, 1.54) is 4.88 Å². The van der Waals surface area contributed by atoms with Gasteiger partial charge in [0.25, 0.3) is 0 Å². The van der Waals surface area contributed by atoms with Crippen LogP contribution in [0.25, 0.3) is 0 Å². The smallest absolute Gasteiger partial charge is 0.156 e. The quantitative estimate of drug-likeness (QED) is 0.843. The maximum atomic E-state index is 8.89. The molecule has 1 unspecified atom stereocenters. The second-order valence-electron chi connectivity index (χ2n) is 4.26. The minimum Gasteiger partial charge on any atom is -0.395 e. The maximum Gasteiger partial charge on any atom is 0.156 e. The summed E-state index contributed by atoms with van der Waals surface area (Å²) in [5, 5.41) is 19.6. The number of thiophene rings is 1. The van der Waals surface area contributed by atoms with Gasteiger partial charge in [-0.3, -0.25) is 4.90 Å². The molecule has 1 aliphatic rings. The topological polar surface area (TPSA) is 56.5 Å². The van der Waals surface area contributed by atoms with Crippen LogP contribution in [-0.2, 0) is 11.3 Å². The standard InChI is InChI=1S/C14H16N2O2S/c15-9-13-10-16(5-7-18-13)11-14-12(4-8-19-14)3-1-2-6-17/h4,8,13,17H,2,5-7,10-11H2. The number of rotatable bonds is 3. The molecule has 1 saturated heterocycles. The fourth-order valence-corrected chi connectivity index (χ4v) is 2.79. The van der Waals surface area contributed by atoms with Crippen molar-refractivity contribution in [2.75, 3.05) is 26.3 Å². The Morgan fingerprint density at radius 3 is 3.26 bits per heavy atom. The minimum absolute atomic E-state index is 0.0970. The molecule has 1 atom stereocenters. The number of aliphatic hydroxyl groups excluding tert-OH is 1. The third-order valence-corrected chi connectivity index (χ3v) is 3.77. The van der Waals surface area contributed by atoms with Crippen molar-refractivity contribution in [1.29, 1.82) is 5.26 Å². The van der Waals surface area contributed by atoms with Crippen molar-refractivity contribution in [3.63, 3.8) is 0 Å². The minimum atomic E-state index is -0.322. The molecule has 0 radical (unpaired) electrons. The first-order valence-electron chi connectivity index (χ1n) is 6.23. The Morgan fingerprint density at radius 2 is 2.47 bits per heavy atom. The third-order valence-electron chi connectivity index (χ3n) is 2.87. The Labute approximate surface area is 117 Å². The van der Waals surface area contributed by atoms with E-state index in [2.05, 4.69) is 22.8 Å². The molecule has 1 N–H and O–H groups in total. The van der Waals surface area contributed by atoms with Crippen molar-refractivity contribution >= 4 is 11.3 Å². The normalized spacial score (nSPS) is 19.5. The van der Waals surface area contributed by atoms with Gasteiger partial charge in [-0.15, -0.1) is 11.3 Å². The molecule has 4 nitrogen and oxygen atoms in total. The van der Waals surface area contributed by atoms with Crippen LogP contribution < -0.4 is 0 Å². The summed E-state index contributed by atoms with van der Waals surface area (Å²) in [6.45, 7) is 3.01. The predicted octanol–water partition coefficient (Wildman–Crippen LogP) is 1.21. The molecule has 1 aliphatic heterocycles. The van der Waals surface area contributed by atoms with Crippen molar-refractivity contribution in [1.82, 2.24) is 4.90 Å². The first kappa shape index (κ1) is 14.0. The lowest BCUT2D eigenvalue weighted by Gasteiger charge is -2.29. The van der Waals surface area contributed by atoms with Crippen LogP contribution in [0.1, 0.15) is 16.9 Å². The van der Waals surface area contributed by atoms with Crippen molar-refractivity contribution in [3.8, 4) is 17.9 Å². The molecule has 0 saturated carbocycles. The van der Waals surface area contributed by atoms with Crippen molar-refractivity contribution in [3.05, 3.63) is 21.9 Å². The van der Waals surface area contributed by atoms with E-state index < -0.39 is 0 Å². The molecule has 1 aromatic heterocycles. The van der Waals surface area contributed by atoms with Gasteiger partial charge in [0.15, 0.2) is 6.10 Å². The highest BCUT2D eigenvalue weighted by Gasteiger charge is 2.20. The van der Waals surface area contributed by atoms with Crippen LogP contribution >= 0.6 is 11.3 Å². The van der Waals surface area contributed by atoms with Gasteiger partial charge in [-0.05, 0) is 11.4 Å². The summed E-state index contributed by atoms with van der Waals surface area (Å²) >= 11 is 1.68. The van der Waals surface area contributed by atoms with E-state index in [0.717, 1.165) is 18.7 Å². The highest BCUT2D eigenvalue weighted by molar-refractivity contribution is 7.10. The van der Waals surface area contributed by atoms with E-state index in [-0.39, 0.29) is 12.7 Å². The summed E-state index contributed by atoms with van der Waals surface area (Å²) in [5.41, 5.74) is 1.03. The highest BCUT2D eigenvalue weighted by atomic mass is 32.1. The lowest BCUT2D eigenvalue weighted by molar-refractivity contribution is -0.00235. The molecular weight excluding hydrogens is 260 g/mol. The Kier molecular flexibility index (Phi) is 5.38. The number of aliphatic hydroxyl groups is 1. The number of morpholine rings is 1. The van der Waals surface area contributed by atoms with Crippen molar-refractivity contribution < 1.29 is 9.84 Å². The second-order valence-corrected chi connectivity index (χ2v) is 5.26. The van der Waals surface area contributed by atoms with Crippen LogP contribution in [0.2, 0.25) is 0 Å². The molecule has 1 fully saturated rings. The number of nitrogens with zero attached hydrogens (tertiary/aromatic N) is 2. The molecular formula is C14H16N2O2S. The molecule has 0 spiro atoms. The molecule has 2 heterocycles. The molecule has 100 valence electrons. The highest BCUT2D eigenvalue weighted by Crippen LogP contribution is 2.19. The van der Waals surface area contributed by atoms with E-state index >= 15 is 0 Å². The van der Waals surface area contributed by atoms with Crippen LogP contribution in [-0.4, -0.2) is 42.4 Å². The predicted molar refractivity (Wildman–Crippen MR) is 73.5 cm³/mol. The van der Waals surface area contributed by atoms with Crippen LogP contribution in [0, 0.1) is 23.2 Å². The molecule has 2 rings (SSSR count). The average molecular weight is 276 g/mol. The maximum absolute atomic E-state index is 8.89. The Hall–Kier alpha value is -1.37. The molecule has 19 heavy (non-hydrogen) atoms. The number of nitriles is 1. The summed E-state index contributed by atoms with van der Waals surface area (Å²) in [6, 6.07) is 4.16. The molecule has 0 aromatic carbocycles. The Bertz CT molecular complexity index is 509. The largest absolute Gasteiger partial charge is 0.395 e. The third kappa shape index (κ3) is 4.05. The van der Waals surface area contributed by atoms with E-state index in [0.29, 0.717) is 19.6 Å². The molecule has 1 aromatic rings. The molecule has 0 aliphatic carbocycles. The van der Waals surface area contributed by atoms with Gasteiger partial charge in [-0.2, -0.15) is 5.26 Å². The van der Waals surface area contributed by atoms with Crippen LogP contribution in [0.3, 0.4) is 0 Å². The fourth-order valence-electron chi connectivity index (χ4n) is 1.92. The van der Waals surface area contributed by atoms with Gasteiger partial charge in [0.1, 0.15) is 0 Å². The van der Waals surface area contributed by atoms with Crippen molar-refractivity contribution in [2.45, 2.75) is 19.1 Å². The SMILES string of the molecule is N#CC1CN(Cc2sccc2C#CCCO)CCO1. The van der Waals surface area contributed by atoms with Gasteiger partial charge in [-0.25, -0.2) is 0 Å². The van der Waals surface area contributed by atoms with Gasteiger partial charge in [0, 0.05) is 36.5 Å². The number of ether oxygens (including phenoxy) is 1. The fraction of sp³-hybridized carbons (Fsp3) is 0.500. The zero-order valence-electron chi connectivity index (χ0n) is 10.6. The first-order chi connectivity index (χ1) is 9.33. The van der Waals surface area contributed by atoms with E-state index in [1.807, 2.05) is 11.4 Å². The van der Waals surface area contributed by atoms with E-state index in [4.69, 9.17) is 15.1 Å². The van der Waals surface area contributed by atoms with Crippen LogP contribution in [0.5, 0.6) is 0 Å². The zero-order valence-corrected chi connectivity index (χ0v) is 11.4. The van der Waals surface area contributed by atoms with Gasteiger partial charge in [-0.1, -0.05) is 11.8 Å². The van der Waals surface area contributed by atoms with E-state index in [1.54, 1.807) is 11.3 Å². The van der Waals surface area contributed by atoms with Gasteiger partial charge in [0.2, 0.25) is 0 Å². The summed E-state index contributed by atoms with van der Waals surface area (Å²) in [6.07, 6.45) is 0.182. The summed E-state index contributed by atoms with van der Waals surface area (Å²) < 4.78 is 5.33. The summed E-state index contributed by atoms with van der Waals surface area (Å²) in [4.78, 5) is 3.43. The number of hydrogen-bond acceptors (Lipinski definition) is 5. The molecule has 5 heteroatoms. The van der Waals surface area contributed by atoms with Crippen LogP contribution in [0.15, 0.2) is 11.4 Å². The van der Waals surface area contributed by atoms with Gasteiger partial charge >= 0.3 is 0 Å². The monoisotopic (exact) mass is 276 g/mol. The van der Waals surface area contributed by atoms with Gasteiger partial charge in [0.05, 0.1) is 19.3 Å². The lowest BCUT2D eigenvalue weighted by atomic mass is 10.2. The molecule has 0 bridgehead atoms. The van der Waals surface area contributed by atoms with Gasteiger partial charge < -0.3 is 9.84 Å². The zero-order chi connectivity index (χ0) is 13.5. The lowest BCUT2D eigenvalue weighted by Crippen LogP contribution is -2.41.